The Hall–Kier alpha value is -3.88. The number of hydrogen-bond donors (Lipinski definition) is 2. The molecule has 7 nitrogen and oxygen atoms in total. The second kappa shape index (κ2) is 10.8. The van der Waals surface area contributed by atoms with E-state index in [0.717, 1.165) is 16.6 Å². The average Bonchev–Trinajstić information content (AvgIpc) is 3.22. The van der Waals surface area contributed by atoms with E-state index in [1.54, 1.807) is 22.9 Å². The Morgan fingerprint density at radius 1 is 1.08 bits per heavy atom. The van der Waals surface area contributed by atoms with Crippen LogP contribution in [0.5, 0.6) is 0 Å². The molecule has 4 rings (SSSR count). The Kier molecular flexibility index (Phi) is 7.57. The topological polar surface area (TPSA) is 111 Å². The molecule has 0 spiro atoms. The van der Waals surface area contributed by atoms with E-state index < -0.39 is 24.6 Å². The fourth-order valence-electron chi connectivity index (χ4n) is 4.10. The van der Waals surface area contributed by atoms with E-state index >= 15 is 0 Å². The van der Waals surface area contributed by atoms with Crippen molar-refractivity contribution < 1.29 is 24.5 Å². The molecule has 0 saturated heterocycles. The number of carbonyl (C=O) groups excluding carboxylic acids is 1. The fraction of sp³-hybridized carbons (Fsp3) is 0.250. The first-order chi connectivity index (χ1) is 17.2. The summed E-state index contributed by atoms with van der Waals surface area (Å²) in [6.45, 7) is 3.98. The van der Waals surface area contributed by atoms with Crippen molar-refractivity contribution in [2.24, 2.45) is 0 Å². The minimum Gasteiger partial charge on any atom is -0.550 e. The summed E-state index contributed by atoms with van der Waals surface area (Å²) in [5, 5.41) is 36.8. The van der Waals surface area contributed by atoms with E-state index in [2.05, 4.69) is 0 Å². The number of benzene rings is 2. The summed E-state index contributed by atoms with van der Waals surface area (Å²) >= 11 is 0. The van der Waals surface area contributed by atoms with Gasteiger partial charge in [-0.2, -0.15) is 5.10 Å². The SMILES string of the molecule is CC(C)c1nn(-c2ccc3ccccc3n2)c(-c2ccc(F)cc2)c1/C=C/[C@@H](O)C[C@@H](O)CC(=O)[O-]. The number of fused-ring (bicyclic) bond motifs is 1. The van der Waals surface area contributed by atoms with E-state index in [-0.39, 0.29) is 18.2 Å². The molecule has 186 valence electrons. The maximum absolute atomic E-state index is 13.7. The maximum Gasteiger partial charge on any atom is 0.154 e. The van der Waals surface area contributed by atoms with E-state index in [1.807, 2.05) is 50.2 Å². The summed E-state index contributed by atoms with van der Waals surface area (Å²) in [6.07, 6.45) is 0.145. The summed E-state index contributed by atoms with van der Waals surface area (Å²) in [5.74, 6) is -1.17. The predicted octanol–water partition coefficient (Wildman–Crippen LogP) is 3.62. The van der Waals surface area contributed by atoms with Crippen LogP contribution in [0.15, 0.2) is 66.7 Å². The van der Waals surface area contributed by atoms with Crippen molar-refractivity contribution in [2.45, 2.75) is 44.8 Å². The van der Waals surface area contributed by atoms with Gasteiger partial charge in [0.2, 0.25) is 0 Å². The largest absolute Gasteiger partial charge is 0.550 e. The molecule has 0 aliphatic heterocycles. The third kappa shape index (κ3) is 5.67. The highest BCUT2D eigenvalue weighted by Gasteiger charge is 2.22. The van der Waals surface area contributed by atoms with Crippen molar-refractivity contribution in [1.29, 1.82) is 0 Å². The van der Waals surface area contributed by atoms with Crippen LogP contribution in [-0.2, 0) is 4.79 Å². The Balaban J connectivity index is 1.84. The number of pyridine rings is 1. The first-order valence-corrected chi connectivity index (χ1v) is 11.7. The van der Waals surface area contributed by atoms with Gasteiger partial charge in [-0.15, -0.1) is 0 Å². The molecule has 2 aromatic carbocycles. The highest BCUT2D eigenvalue weighted by Crippen LogP contribution is 2.34. The van der Waals surface area contributed by atoms with Crippen molar-refractivity contribution >= 4 is 22.9 Å². The first kappa shape index (κ1) is 25.2. The summed E-state index contributed by atoms with van der Waals surface area (Å²) < 4.78 is 15.5. The number of carbonyl (C=O) groups is 1. The summed E-state index contributed by atoms with van der Waals surface area (Å²) in [7, 11) is 0. The van der Waals surface area contributed by atoms with Crippen LogP contribution in [-0.4, -0.2) is 43.2 Å². The van der Waals surface area contributed by atoms with Crippen LogP contribution in [0.2, 0.25) is 0 Å². The minimum atomic E-state index is -1.39. The normalized spacial score (nSPS) is 13.5. The third-order valence-electron chi connectivity index (χ3n) is 5.82. The molecule has 0 aliphatic carbocycles. The van der Waals surface area contributed by atoms with Gasteiger partial charge < -0.3 is 20.1 Å². The molecule has 2 aromatic heterocycles. The molecule has 2 atom stereocenters. The number of aliphatic hydroxyl groups is 2. The lowest BCUT2D eigenvalue weighted by Gasteiger charge is -2.13. The van der Waals surface area contributed by atoms with Crippen LogP contribution in [0, 0.1) is 5.82 Å². The van der Waals surface area contributed by atoms with Gasteiger partial charge in [0.05, 0.1) is 29.1 Å². The molecule has 8 heteroatoms. The monoisotopic (exact) mass is 488 g/mol. The molecule has 0 amide bonds. The zero-order valence-corrected chi connectivity index (χ0v) is 20.0. The zero-order chi connectivity index (χ0) is 25.8. The van der Waals surface area contributed by atoms with Gasteiger partial charge in [0.1, 0.15) is 5.82 Å². The van der Waals surface area contributed by atoms with Gasteiger partial charge >= 0.3 is 0 Å². The van der Waals surface area contributed by atoms with Gasteiger partial charge in [0, 0.05) is 35.3 Å². The summed E-state index contributed by atoms with van der Waals surface area (Å²) in [5.41, 5.74) is 3.62. The van der Waals surface area contributed by atoms with Crippen molar-refractivity contribution in [3.8, 4) is 17.1 Å². The lowest BCUT2D eigenvalue weighted by molar-refractivity contribution is -0.307. The highest BCUT2D eigenvalue weighted by molar-refractivity contribution is 5.80. The second-order valence-corrected chi connectivity index (χ2v) is 8.98. The second-order valence-electron chi connectivity index (χ2n) is 8.98. The lowest BCUT2D eigenvalue weighted by Crippen LogP contribution is -2.29. The van der Waals surface area contributed by atoms with Crippen LogP contribution in [0.4, 0.5) is 4.39 Å². The van der Waals surface area contributed by atoms with E-state index in [0.29, 0.717) is 22.6 Å². The Labute approximate surface area is 208 Å². The van der Waals surface area contributed by atoms with E-state index in [4.69, 9.17) is 10.1 Å². The summed E-state index contributed by atoms with van der Waals surface area (Å²) in [4.78, 5) is 15.5. The number of aliphatic hydroxyl groups excluding tert-OH is 2. The number of para-hydroxylation sites is 1. The van der Waals surface area contributed by atoms with Crippen molar-refractivity contribution in [3.05, 3.63) is 83.8 Å². The molecular formula is C28H27FN3O4-. The van der Waals surface area contributed by atoms with Crippen LogP contribution in [0.1, 0.15) is 43.9 Å². The van der Waals surface area contributed by atoms with Gasteiger partial charge in [-0.1, -0.05) is 44.2 Å². The quantitative estimate of drug-likeness (QED) is 0.372. The zero-order valence-electron chi connectivity index (χ0n) is 20.0. The standard InChI is InChI=1S/C28H28FN3O4/c1-17(2)27-23(13-12-21(33)15-22(34)16-26(35)36)28(19-7-10-20(29)11-8-19)32(31-27)25-14-9-18-5-3-4-6-24(18)30-25/h3-14,17,21-22,33-34H,15-16H2,1-2H3,(H,35,36)/p-1/b13-12+/t21-,22-/m1/s1. The molecule has 0 aliphatic rings. The molecule has 2 heterocycles. The van der Waals surface area contributed by atoms with Gasteiger partial charge in [0.25, 0.3) is 0 Å². The maximum atomic E-state index is 13.7. The molecular weight excluding hydrogens is 461 g/mol. The van der Waals surface area contributed by atoms with E-state index in [1.165, 1.54) is 18.2 Å². The minimum absolute atomic E-state index is 0.00590. The number of aliphatic carboxylic acids is 1. The Morgan fingerprint density at radius 3 is 2.50 bits per heavy atom. The highest BCUT2D eigenvalue weighted by atomic mass is 19.1. The Morgan fingerprint density at radius 2 is 1.81 bits per heavy atom. The van der Waals surface area contributed by atoms with Gasteiger partial charge in [-0.3, -0.25) is 0 Å². The number of rotatable bonds is 9. The molecule has 0 fully saturated rings. The van der Waals surface area contributed by atoms with Crippen molar-refractivity contribution in [1.82, 2.24) is 14.8 Å². The molecule has 2 N–H and O–H groups in total. The first-order valence-electron chi connectivity index (χ1n) is 11.7. The number of hydrogen-bond acceptors (Lipinski definition) is 6. The van der Waals surface area contributed by atoms with Crippen LogP contribution in [0.3, 0.4) is 0 Å². The van der Waals surface area contributed by atoms with Gasteiger partial charge in [-0.25, -0.2) is 14.1 Å². The van der Waals surface area contributed by atoms with Crippen molar-refractivity contribution in [2.75, 3.05) is 0 Å². The van der Waals surface area contributed by atoms with Crippen LogP contribution < -0.4 is 5.11 Å². The van der Waals surface area contributed by atoms with Crippen molar-refractivity contribution in [3.63, 3.8) is 0 Å². The number of halogens is 1. The number of nitrogens with zero attached hydrogens (tertiary/aromatic N) is 3. The smallest absolute Gasteiger partial charge is 0.154 e. The predicted molar refractivity (Wildman–Crippen MR) is 134 cm³/mol. The van der Waals surface area contributed by atoms with Crippen LogP contribution >= 0.6 is 0 Å². The van der Waals surface area contributed by atoms with Gasteiger partial charge in [0.15, 0.2) is 5.82 Å². The third-order valence-corrected chi connectivity index (χ3v) is 5.82. The fourth-order valence-corrected chi connectivity index (χ4v) is 4.10. The molecule has 4 aromatic rings. The number of carboxylic acids is 1. The lowest BCUT2D eigenvalue weighted by atomic mass is 9.98. The average molecular weight is 489 g/mol. The molecule has 0 unspecified atom stereocenters. The molecule has 0 saturated carbocycles. The Bertz CT molecular complexity index is 1400. The molecule has 36 heavy (non-hydrogen) atoms. The van der Waals surface area contributed by atoms with Gasteiger partial charge in [-0.05, 0) is 48.4 Å². The molecule has 0 radical (unpaired) electrons. The van der Waals surface area contributed by atoms with E-state index in [9.17, 15) is 24.5 Å². The molecule has 0 bridgehead atoms. The van der Waals surface area contributed by atoms with Crippen LogP contribution in [0.25, 0.3) is 34.1 Å². The number of aromatic nitrogens is 3. The summed E-state index contributed by atoms with van der Waals surface area (Å²) in [6, 6.07) is 17.6. The number of carboxylic acid groups (broad SMARTS) is 1.